The Balaban J connectivity index is 0.620. The molecule has 552 valence electrons. The number of unbranched alkanes of at least 4 members (excludes halogenated alkanes) is 8. The molecule has 8 heterocycles. The summed E-state index contributed by atoms with van der Waals surface area (Å²) in [6.45, 7) is 20.5. The smallest absolute Gasteiger partial charge is 0.247 e. The monoisotopic (exact) mass is 1520 g/mol. The lowest BCUT2D eigenvalue weighted by molar-refractivity contribution is -0.142. The van der Waals surface area contributed by atoms with E-state index in [4.69, 9.17) is 37.9 Å². The van der Waals surface area contributed by atoms with Crippen LogP contribution in [0.5, 0.6) is 0 Å². The molecule has 3 aromatic carbocycles. The number of thioether (sulfide) groups is 1. The van der Waals surface area contributed by atoms with Gasteiger partial charge in [0, 0.05) is 99.0 Å². The Hall–Kier alpha value is -7.49. The van der Waals surface area contributed by atoms with Crippen LogP contribution in [0.1, 0.15) is 200 Å². The molecule has 5 N–H and O–H groups in total. The van der Waals surface area contributed by atoms with Crippen LogP contribution in [0.4, 0.5) is 0 Å². The lowest BCUT2D eigenvalue weighted by Crippen LogP contribution is -2.59. The van der Waals surface area contributed by atoms with Crippen molar-refractivity contribution >= 4 is 110 Å². The van der Waals surface area contributed by atoms with Crippen LogP contribution in [0.3, 0.4) is 0 Å². The molecular formula is C77H94Cl2N14O7S4. The highest BCUT2D eigenvalue weighted by atomic mass is 35.5. The summed E-state index contributed by atoms with van der Waals surface area (Å²) in [4.78, 5) is 90.0. The number of aliphatic hydroxyl groups is 1. The molecule has 0 aliphatic carbocycles. The van der Waals surface area contributed by atoms with E-state index in [0.717, 1.165) is 152 Å². The van der Waals surface area contributed by atoms with Gasteiger partial charge in [0.15, 0.2) is 11.6 Å². The molecule has 3 aliphatic rings. The molecule has 0 unspecified atom stereocenters. The van der Waals surface area contributed by atoms with Gasteiger partial charge in [0.2, 0.25) is 29.5 Å². The molecule has 0 bridgehead atoms. The van der Waals surface area contributed by atoms with Crippen LogP contribution in [0.2, 0.25) is 10.0 Å². The summed E-state index contributed by atoms with van der Waals surface area (Å²) >= 11 is 19.1. The van der Waals surface area contributed by atoms with Gasteiger partial charge in [-0.2, -0.15) is 11.8 Å². The number of rotatable bonds is 34. The maximum absolute atomic E-state index is 15.0. The maximum Gasteiger partial charge on any atom is 0.247 e. The fourth-order valence-electron chi connectivity index (χ4n) is 13.6. The van der Waals surface area contributed by atoms with Gasteiger partial charge in [-0.15, -0.1) is 54.4 Å². The summed E-state index contributed by atoms with van der Waals surface area (Å²) < 4.78 is 9.29. The van der Waals surface area contributed by atoms with Gasteiger partial charge in [0.25, 0.3) is 0 Å². The van der Waals surface area contributed by atoms with E-state index in [9.17, 15) is 29.1 Å². The van der Waals surface area contributed by atoms with Crippen molar-refractivity contribution in [3.05, 3.63) is 166 Å². The van der Waals surface area contributed by atoms with Crippen LogP contribution in [-0.2, 0) is 35.3 Å². The molecule has 0 spiro atoms. The average Bonchev–Trinajstić information content (AvgIpc) is 1.59. The number of amides is 5. The fraction of sp³-hybridized carbons (Fsp3) is 0.481. The van der Waals surface area contributed by atoms with Crippen LogP contribution in [-0.4, -0.2) is 147 Å². The van der Waals surface area contributed by atoms with E-state index in [1.54, 1.807) is 45.8 Å². The Morgan fingerprint density at radius 2 is 1.12 bits per heavy atom. The molecule has 1 saturated heterocycles. The number of thiazole rings is 1. The molecule has 27 heteroatoms. The molecular weight excluding hydrogens is 1430 g/mol. The van der Waals surface area contributed by atoms with E-state index in [0.29, 0.717) is 60.2 Å². The number of hydrogen-bond donors (Lipinski definition) is 5. The van der Waals surface area contributed by atoms with Gasteiger partial charge >= 0.3 is 0 Å². The largest absolute Gasteiger partial charge is 0.391 e. The summed E-state index contributed by atoms with van der Waals surface area (Å²) in [6, 6.07) is 20.2. The number of benzene rings is 3. The molecule has 8 aromatic rings. The Bertz CT molecular complexity index is 4410. The molecule has 0 radical (unpaired) electrons. The van der Waals surface area contributed by atoms with Gasteiger partial charge < -0.3 is 36.0 Å². The third kappa shape index (κ3) is 18.8. The van der Waals surface area contributed by atoms with Crippen molar-refractivity contribution in [2.24, 2.45) is 9.98 Å². The van der Waals surface area contributed by atoms with Gasteiger partial charge in [-0.1, -0.05) is 104 Å². The van der Waals surface area contributed by atoms with Gasteiger partial charge in [-0.05, 0) is 153 Å². The first kappa shape index (κ1) is 77.6. The second-order valence-electron chi connectivity index (χ2n) is 27.7. The van der Waals surface area contributed by atoms with Crippen LogP contribution >= 0.6 is 69.0 Å². The quantitative estimate of drug-likeness (QED) is 0.0235. The number of halogens is 2. The number of aliphatic imine (C=N–C) groups is 2. The van der Waals surface area contributed by atoms with E-state index in [2.05, 4.69) is 78.9 Å². The van der Waals surface area contributed by atoms with Crippen LogP contribution in [0.15, 0.2) is 88.3 Å². The number of carbonyl (C=O) groups is 5. The van der Waals surface area contributed by atoms with Crippen molar-refractivity contribution in [1.82, 2.24) is 60.7 Å². The van der Waals surface area contributed by atoms with Crippen molar-refractivity contribution in [2.45, 2.75) is 200 Å². The molecule has 21 nitrogen and oxygen atoms in total. The average molecular weight is 1530 g/mol. The fourth-order valence-corrected chi connectivity index (χ4v) is 18.3. The molecule has 5 aromatic heterocycles. The summed E-state index contributed by atoms with van der Waals surface area (Å²) in [5, 5.41) is 44.6. The highest BCUT2D eigenvalue weighted by molar-refractivity contribution is 8.00. The topological polar surface area (TPSA) is 265 Å². The number of carbonyl (C=O) groups excluding carboxylic acids is 5. The first-order chi connectivity index (χ1) is 50.0. The molecule has 3 aliphatic heterocycles. The van der Waals surface area contributed by atoms with E-state index >= 15 is 0 Å². The maximum atomic E-state index is 15.0. The standard InChI is InChI=1S/C77H94Cl2N14O7S4/c1-45-48(4)103-75-65(45)67(53-26-30-56(78)31-27-53)84-59(71-89-87-50(6)92(71)75)40-63(96)80-34-16-10-12-18-36-100-37-19-14-15-21-62(95)86-70(74(99)91-43-58(94)39-61(91)73(98)82-42-52-22-24-55(25-23-52)69-47(3)83-44-101-69)77(8,9)102-38-20-13-11-17-35-81-64(97)41-60-72-90-88-51(7)93(72)76-66(46(2)49(5)104-76)68(85-60)54-28-32-57(79)33-29-54/h22-33,44,58-61,70,94H,10-21,34-43H2,1-9H3,(H,80,96)(H,81,97)(H,82,98)(H,86,95)/t58-,59+,60+,61+,70-/m1/s1. The zero-order valence-electron chi connectivity index (χ0n) is 60.7. The molecule has 11 rings (SSSR count). The number of nitrogens with one attached hydrogen (secondary N) is 4. The second kappa shape index (κ2) is 35.7. The minimum atomic E-state index is -0.996. The summed E-state index contributed by atoms with van der Waals surface area (Å²) in [5.41, 5.74) is 12.4. The zero-order valence-corrected chi connectivity index (χ0v) is 65.5. The van der Waals surface area contributed by atoms with Crippen molar-refractivity contribution < 1.29 is 33.8 Å². The lowest BCUT2D eigenvalue weighted by atomic mass is 9.99. The predicted molar refractivity (Wildman–Crippen MR) is 417 cm³/mol. The first-order valence-electron chi connectivity index (χ1n) is 36.1. The van der Waals surface area contributed by atoms with Crippen molar-refractivity contribution in [3.63, 3.8) is 0 Å². The zero-order chi connectivity index (χ0) is 73.8. The molecule has 0 saturated carbocycles. The number of ether oxygens (including phenoxy) is 1. The number of aryl methyl sites for hydroxylation is 5. The number of aliphatic hydroxyl groups excluding tert-OH is 1. The minimum absolute atomic E-state index is 0.0366. The van der Waals surface area contributed by atoms with Gasteiger partial charge in [-0.25, -0.2) is 4.98 Å². The number of nitrogens with zero attached hydrogens (tertiary/aromatic N) is 10. The Kier molecular flexibility index (Phi) is 26.7. The van der Waals surface area contributed by atoms with Crippen molar-refractivity contribution in [1.29, 1.82) is 0 Å². The summed E-state index contributed by atoms with van der Waals surface area (Å²) in [5.74, 6) is 2.16. The number of β-amino-alcohol motifs (C(OH)–C–C–N with tert-alkyl or cyclic N) is 1. The molecule has 5 atom stereocenters. The number of likely N-dealkylation sites (tertiary alicyclic amines) is 1. The Morgan fingerprint density at radius 3 is 1.64 bits per heavy atom. The highest BCUT2D eigenvalue weighted by Gasteiger charge is 2.46. The predicted octanol–water partition coefficient (Wildman–Crippen LogP) is 14.0. The van der Waals surface area contributed by atoms with Crippen LogP contribution in [0.25, 0.3) is 20.4 Å². The van der Waals surface area contributed by atoms with Gasteiger partial charge in [0.1, 0.15) is 45.8 Å². The Morgan fingerprint density at radius 1 is 0.625 bits per heavy atom. The summed E-state index contributed by atoms with van der Waals surface area (Å²) in [6.07, 6.45) is 8.63. The van der Waals surface area contributed by atoms with Crippen molar-refractivity contribution in [3.8, 4) is 20.4 Å². The normalized spacial score (nSPS) is 16.5. The molecule has 1 fully saturated rings. The SMILES string of the molecule is Cc1ncsc1-c1ccc(CNC(=O)[C@@H]2C[C@@H](O)CN2C(=O)[C@@H](NC(=O)CCCCCOCCCCCCNC(=O)C[C@@H]2N=C(c3ccc(Cl)cc3)c3c(sc(C)c3C)-n3c(C)nnc32)C(C)(C)SCCCCCCNC(=O)C[C@@H]2N=C(c3ccc(Cl)cc3)c3c(sc(C)c3C)-n3c(C)nnc32)cc1. The number of thiophene rings is 2. The van der Waals surface area contributed by atoms with Crippen LogP contribution in [0, 0.1) is 48.5 Å². The Labute approximate surface area is 635 Å². The van der Waals surface area contributed by atoms with E-state index in [1.807, 2.05) is 117 Å². The number of hydrogen-bond acceptors (Lipinski definition) is 18. The number of fused-ring (bicyclic) bond motifs is 6. The third-order valence-corrected chi connectivity index (χ3v) is 24.9. The summed E-state index contributed by atoms with van der Waals surface area (Å²) in [7, 11) is 0. The molecule has 5 amide bonds. The number of aromatic nitrogens is 7. The van der Waals surface area contributed by atoms with Gasteiger partial charge in [-0.3, -0.25) is 43.1 Å². The minimum Gasteiger partial charge on any atom is -0.391 e. The van der Waals surface area contributed by atoms with Gasteiger partial charge in [0.05, 0.1) is 46.5 Å². The molecule has 104 heavy (non-hydrogen) atoms. The second-order valence-corrected chi connectivity index (χ2v) is 33.6. The lowest BCUT2D eigenvalue weighted by Gasteiger charge is -2.37. The van der Waals surface area contributed by atoms with E-state index in [-0.39, 0.29) is 62.4 Å². The van der Waals surface area contributed by atoms with Crippen LogP contribution < -0.4 is 21.3 Å². The van der Waals surface area contributed by atoms with E-state index < -0.39 is 40.9 Å². The third-order valence-electron chi connectivity index (χ3n) is 19.6. The van der Waals surface area contributed by atoms with E-state index in [1.165, 1.54) is 14.7 Å². The highest BCUT2D eigenvalue weighted by Crippen LogP contribution is 2.42. The first-order valence-corrected chi connectivity index (χ1v) is 40.3. The van der Waals surface area contributed by atoms with Crippen molar-refractivity contribution in [2.75, 3.05) is 38.6 Å².